The first-order valence-corrected chi connectivity index (χ1v) is 21.4. The van der Waals surface area contributed by atoms with Gasteiger partial charge in [-0.05, 0) is 175 Å². The summed E-state index contributed by atoms with van der Waals surface area (Å²) in [5.74, 6) is 0. The van der Waals surface area contributed by atoms with Gasteiger partial charge in [-0.2, -0.15) is 5.26 Å². The Balaban J connectivity index is 1.04. The summed E-state index contributed by atoms with van der Waals surface area (Å²) < 4.78 is 0. The van der Waals surface area contributed by atoms with Crippen molar-refractivity contribution in [2.45, 2.75) is 13.8 Å². The van der Waals surface area contributed by atoms with Crippen LogP contribution < -0.4 is 0 Å². The van der Waals surface area contributed by atoms with Gasteiger partial charge in [0.2, 0.25) is 0 Å². The molecule has 12 rings (SSSR count). The summed E-state index contributed by atoms with van der Waals surface area (Å²) in [5, 5.41) is 26.9. The van der Waals surface area contributed by atoms with Crippen molar-refractivity contribution >= 4 is 75.4 Å². The fourth-order valence-corrected chi connectivity index (χ4v) is 10.3. The van der Waals surface area contributed by atoms with Crippen LogP contribution in [-0.4, -0.2) is 0 Å². The van der Waals surface area contributed by atoms with Gasteiger partial charge in [0.05, 0.1) is 11.6 Å². The zero-order valence-electron chi connectivity index (χ0n) is 34.5. The first-order valence-electron chi connectivity index (χ1n) is 21.4. The van der Waals surface area contributed by atoms with Crippen molar-refractivity contribution in [1.29, 1.82) is 5.26 Å². The summed E-state index contributed by atoms with van der Waals surface area (Å²) >= 11 is 0. The van der Waals surface area contributed by atoms with Gasteiger partial charge in [0.15, 0.2) is 0 Å². The van der Waals surface area contributed by atoms with E-state index in [1.807, 2.05) is 18.2 Å². The van der Waals surface area contributed by atoms with Gasteiger partial charge in [0.25, 0.3) is 0 Å². The first kappa shape index (κ1) is 35.9. The highest BCUT2D eigenvalue weighted by molar-refractivity contribution is 6.28. The molecule has 0 bridgehead atoms. The highest BCUT2D eigenvalue weighted by Gasteiger charge is 2.19. The number of nitriles is 1. The summed E-state index contributed by atoms with van der Waals surface area (Å²) in [5.41, 5.74) is 13.1. The normalized spacial score (nSPS) is 11.7. The van der Waals surface area contributed by atoms with Gasteiger partial charge in [-0.15, -0.1) is 0 Å². The third kappa shape index (κ3) is 5.55. The Morgan fingerprint density at radius 2 is 0.790 bits per heavy atom. The molecule has 0 amide bonds. The van der Waals surface area contributed by atoms with Crippen molar-refractivity contribution in [3.05, 3.63) is 217 Å². The summed E-state index contributed by atoms with van der Waals surface area (Å²) in [4.78, 5) is 0. The number of benzene rings is 12. The minimum Gasteiger partial charge on any atom is -0.192 e. The minimum absolute atomic E-state index is 0.675. The van der Waals surface area contributed by atoms with Crippen molar-refractivity contribution in [3.63, 3.8) is 0 Å². The van der Waals surface area contributed by atoms with Crippen LogP contribution in [0.25, 0.3) is 120 Å². The molecule has 62 heavy (non-hydrogen) atoms. The van der Waals surface area contributed by atoms with Crippen LogP contribution in [0.1, 0.15) is 16.7 Å². The monoisotopic (exact) mass is 785 g/mol. The van der Waals surface area contributed by atoms with E-state index in [-0.39, 0.29) is 0 Å². The Kier molecular flexibility index (Phi) is 8.11. The SMILES string of the molecule is Cc1cc2c3ccc(-c4c5ccccc5c(-c5ccc(-c6ccc7ccc(C#N)cc7c6)cc5)c5ccccc45)cc3c3ccccc3c2cc1-c1c(C)ccc2ccccc12. The van der Waals surface area contributed by atoms with Gasteiger partial charge < -0.3 is 0 Å². The molecule has 0 aliphatic carbocycles. The molecule has 0 aliphatic heterocycles. The molecule has 0 N–H and O–H groups in total. The van der Waals surface area contributed by atoms with E-state index in [0.717, 1.165) is 21.9 Å². The van der Waals surface area contributed by atoms with E-state index < -0.39 is 0 Å². The van der Waals surface area contributed by atoms with Gasteiger partial charge in [-0.25, -0.2) is 0 Å². The first-order chi connectivity index (χ1) is 30.5. The lowest BCUT2D eigenvalue weighted by molar-refractivity contribution is 1.45. The van der Waals surface area contributed by atoms with Crippen molar-refractivity contribution in [2.24, 2.45) is 0 Å². The molecule has 0 spiro atoms. The molecule has 12 aromatic carbocycles. The third-order valence-electron chi connectivity index (χ3n) is 13.3. The van der Waals surface area contributed by atoms with Crippen molar-refractivity contribution < 1.29 is 0 Å². The second kappa shape index (κ2) is 14.0. The standard InChI is InChI=1S/C61H39N/c1-37-19-21-42-11-3-4-12-47(42)59(37)55-35-58-49-14-6-5-13-48(49)57-34-45(29-30-50(57)56(58)31-38(55)2)61-53-17-9-7-15-51(53)60(52-16-8-10-18-54(52)61)43-26-23-40(24-27-43)44-28-25-41-22-20-39(36-62)32-46(41)33-44/h3-35H,1-2H3. The molecule has 0 aliphatic rings. The fourth-order valence-electron chi connectivity index (χ4n) is 10.3. The zero-order valence-corrected chi connectivity index (χ0v) is 34.5. The largest absolute Gasteiger partial charge is 0.192 e. The van der Waals surface area contributed by atoms with E-state index in [0.29, 0.717) is 5.56 Å². The molecule has 0 unspecified atom stereocenters. The maximum atomic E-state index is 9.50. The van der Waals surface area contributed by atoms with Crippen LogP contribution in [0, 0.1) is 25.2 Å². The number of hydrogen-bond donors (Lipinski definition) is 0. The molecule has 0 aromatic heterocycles. The Morgan fingerprint density at radius 1 is 0.290 bits per heavy atom. The predicted molar refractivity (Wildman–Crippen MR) is 265 cm³/mol. The van der Waals surface area contributed by atoms with Crippen LogP contribution in [0.4, 0.5) is 0 Å². The molecule has 12 aromatic rings. The number of aryl methyl sites for hydroxylation is 2. The smallest absolute Gasteiger partial charge is 0.0991 e. The topological polar surface area (TPSA) is 23.8 Å². The second-order valence-electron chi connectivity index (χ2n) is 16.8. The van der Waals surface area contributed by atoms with Gasteiger partial charge >= 0.3 is 0 Å². The molecule has 288 valence electrons. The molecule has 0 heterocycles. The number of fused-ring (bicyclic) bond motifs is 10. The Morgan fingerprint density at radius 3 is 1.47 bits per heavy atom. The lowest BCUT2D eigenvalue weighted by Gasteiger charge is -2.19. The Hall–Kier alpha value is -8.05. The molecule has 0 saturated carbocycles. The molecule has 0 fully saturated rings. The highest BCUT2D eigenvalue weighted by atomic mass is 14.2. The Labute approximate surface area is 360 Å². The summed E-state index contributed by atoms with van der Waals surface area (Å²) in [6.45, 7) is 4.51. The van der Waals surface area contributed by atoms with Gasteiger partial charge in [-0.3, -0.25) is 0 Å². The van der Waals surface area contributed by atoms with E-state index in [1.54, 1.807) is 0 Å². The van der Waals surface area contributed by atoms with Crippen molar-refractivity contribution in [2.75, 3.05) is 0 Å². The van der Waals surface area contributed by atoms with Crippen molar-refractivity contribution in [1.82, 2.24) is 0 Å². The van der Waals surface area contributed by atoms with Crippen LogP contribution in [0.15, 0.2) is 200 Å². The quantitative estimate of drug-likeness (QED) is 0.129. The lowest BCUT2D eigenvalue weighted by atomic mass is 9.84. The van der Waals surface area contributed by atoms with E-state index in [2.05, 4.69) is 202 Å². The minimum atomic E-state index is 0.675. The molecule has 1 heteroatoms. The van der Waals surface area contributed by atoms with E-state index in [1.165, 1.54) is 109 Å². The molecule has 0 radical (unpaired) electrons. The van der Waals surface area contributed by atoms with Crippen LogP contribution >= 0.6 is 0 Å². The maximum Gasteiger partial charge on any atom is 0.0991 e. The zero-order chi connectivity index (χ0) is 41.5. The molecular formula is C61H39N. The number of hydrogen-bond acceptors (Lipinski definition) is 1. The van der Waals surface area contributed by atoms with E-state index >= 15 is 0 Å². The lowest BCUT2D eigenvalue weighted by Crippen LogP contribution is -1.93. The summed E-state index contributed by atoms with van der Waals surface area (Å²) in [7, 11) is 0. The second-order valence-corrected chi connectivity index (χ2v) is 16.8. The van der Waals surface area contributed by atoms with Crippen LogP contribution in [-0.2, 0) is 0 Å². The van der Waals surface area contributed by atoms with Crippen LogP contribution in [0.3, 0.4) is 0 Å². The average molecular weight is 786 g/mol. The van der Waals surface area contributed by atoms with Gasteiger partial charge in [0.1, 0.15) is 0 Å². The third-order valence-corrected chi connectivity index (χ3v) is 13.3. The van der Waals surface area contributed by atoms with E-state index in [4.69, 9.17) is 0 Å². The molecule has 0 saturated heterocycles. The number of nitrogens with zero attached hydrogens (tertiary/aromatic N) is 1. The van der Waals surface area contributed by atoms with Gasteiger partial charge in [-0.1, -0.05) is 170 Å². The molecule has 0 atom stereocenters. The Bertz CT molecular complexity index is 3820. The summed E-state index contributed by atoms with van der Waals surface area (Å²) in [6, 6.07) is 75.7. The predicted octanol–water partition coefficient (Wildman–Crippen LogP) is 16.9. The van der Waals surface area contributed by atoms with Crippen LogP contribution in [0.5, 0.6) is 0 Å². The van der Waals surface area contributed by atoms with Crippen LogP contribution in [0.2, 0.25) is 0 Å². The summed E-state index contributed by atoms with van der Waals surface area (Å²) in [6.07, 6.45) is 0. The molecule has 1 nitrogen and oxygen atoms in total. The average Bonchev–Trinajstić information content (AvgIpc) is 3.33. The van der Waals surface area contributed by atoms with Crippen molar-refractivity contribution in [3.8, 4) is 50.6 Å². The van der Waals surface area contributed by atoms with Gasteiger partial charge in [0, 0.05) is 0 Å². The number of rotatable bonds is 4. The molecular weight excluding hydrogens is 747 g/mol. The fraction of sp³-hybridized carbons (Fsp3) is 0.0328. The maximum absolute atomic E-state index is 9.50. The van der Waals surface area contributed by atoms with E-state index in [9.17, 15) is 5.26 Å². The highest BCUT2D eigenvalue weighted by Crippen LogP contribution is 2.47.